The molecule has 0 radical (unpaired) electrons. The maximum absolute atomic E-state index is 11.4. The van der Waals surface area contributed by atoms with Gasteiger partial charge >= 0.3 is 0 Å². The monoisotopic (exact) mass is 183 g/mol. The Hall–Kier alpha value is -0.830. The average molecular weight is 183 g/mol. The Morgan fingerprint density at radius 3 is 2.33 bits per heavy atom. The van der Waals surface area contributed by atoms with Crippen LogP contribution in [0.5, 0.6) is 0 Å². The maximum atomic E-state index is 11.4. The molecule has 0 saturated carbocycles. The van der Waals surface area contributed by atoms with Gasteiger partial charge in [-0.15, -0.1) is 0 Å². The molecule has 1 rings (SSSR count). The van der Waals surface area contributed by atoms with Crippen molar-refractivity contribution >= 4 is 9.73 Å². The van der Waals surface area contributed by atoms with Crippen LogP contribution in [-0.2, 0) is 9.73 Å². The van der Waals surface area contributed by atoms with Crippen LogP contribution >= 0.6 is 0 Å². The third-order valence-electron chi connectivity index (χ3n) is 1.75. The molecular formula is C9H13NOS. The van der Waals surface area contributed by atoms with Crippen molar-refractivity contribution in [3.8, 4) is 0 Å². The van der Waals surface area contributed by atoms with E-state index in [1.54, 1.807) is 6.07 Å². The van der Waals surface area contributed by atoms with Crippen molar-refractivity contribution in [1.82, 2.24) is 0 Å². The lowest BCUT2D eigenvalue weighted by Gasteiger charge is -2.05. The highest BCUT2D eigenvalue weighted by molar-refractivity contribution is 7.91. The highest BCUT2D eigenvalue weighted by Gasteiger charge is 2.05. The van der Waals surface area contributed by atoms with Crippen LogP contribution in [0.1, 0.15) is 11.1 Å². The highest BCUT2D eigenvalue weighted by atomic mass is 32.2. The molecule has 0 heterocycles. The normalized spacial score (nSPS) is 15.6. The largest absolute Gasteiger partial charge is 0.249 e. The summed E-state index contributed by atoms with van der Waals surface area (Å²) >= 11 is 0. The lowest BCUT2D eigenvalue weighted by Crippen LogP contribution is -1.97. The lowest BCUT2D eigenvalue weighted by atomic mass is 10.2. The smallest absolute Gasteiger partial charge is 0.0699 e. The lowest BCUT2D eigenvalue weighted by molar-refractivity contribution is 0.678. The van der Waals surface area contributed by atoms with Gasteiger partial charge in [-0.3, -0.25) is 0 Å². The van der Waals surface area contributed by atoms with Crippen LogP contribution in [0.15, 0.2) is 23.1 Å². The van der Waals surface area contributed by atoms with Gasteiger partial charge in [0.25, 0.3) is 0 Å². The number of hydrogen-bond acceptors (Lipinski definition) is 2. The van der Waals surface area contributed by atoms with Crippen LogP contribution in [0.25, 0.3) is 0 Å². The first-order valence-electron chi connectivity index (χ1n) is 3.72. The van der Waals surface area contributed by atoms with Crippen LogP contribution in [0.4, 0.5) is 0 Å². The summed E-state index contributed by atoms with van der Waals surface area (Å²) in [6.45, 7) is 3.87. The zero-order valence-electron chi connectivity index (χ0n) is 7.55. The molecule has 1 aromatic rings. The van der Waals surface area contributed by atoms with E-state index in [1.165, 1.54) is 6.26 Å². The van der Waals surface area contributed by atoms with Gasteiger partial charge in [-0.2, -0.15) is 0 Å². The average Bonchev–Trinajstić information content (AvgIpc) is 1.83. The first kappa shape index (κ1) is 9.26. The predicted molar refractivity (Wildman–Crippen MR) is 51.0 cm³/mol. The van der Waals surface area contributed by atoms with Crippen molar-refractivity contribution in [2.75, 3.05) is 6.26 Å². The van der Waals surface area contributed by atoms with Crippen molar-refractivity contribution in [3.63, 3.8) is 0 Å². The number of aryl methyl sites for hydroxylation is 2. The third-order valence-corrected chi connectivity index (χ3v) is 3.05. The third kappa shape index (κ3) is 1.85. The zero-order valence-corrected chi connectivity index (χ0v) is 8.37. The molecule has 0 aliphatic rings. The summed E-state index contributed by atoms with van der Waals surface area (Å²) < 4.78 is 18.8. The summed E-state index contributed by atoms with van der Waals surface area (Å²) in [5, 5.41) is 0. The molecule has 0 unspecified atom stereocenters. The van der Waals surface area contributed by atoms with Crippen LogP contribution in [-0.4, -0.2) is 10.5 Å². The molecule has 1 N–H and O–H groups in total. The Labute approximate surface area is 73.6 Å². The Morgan fingerprint density at radius 2 is 1.92 bits per heavy atom. The van der Waals surface area contributed by atoms with Gasteiger partial charge in [-0.25, -0.2) is 8.99 Å². The standard InChI is InChI=1S/C9H13NOS/c1-7-4-5-9(8(2)6-7)12(3,10)11/h4-6,10H,1-3H3/t12-/m1/s1. The van der Waals surface area contributed by atoms with E-state index in [-0.39, 0.29) is 0 Å². The molecule has 66 valence electrons. The van der Waals surface area contributed by atoms with Gasteiger partial charge in [0.15, 0.2) is 0 Å². The minimum absolute atomic E-state index is 0.646. The molecule has 0 aromatic heterocycles. The Kier molecular flexibility index (Phi) is 2.24. The van der Waals surface area contributed by atoms with E-state index in [4.69, 9.17) is 4.78 Å². The number of benzene rings is 1. The second-order valence-corrected chi connectivity index (χ2v) is 5.24. The predicted octanol–water partition coefficient (Wildman–Crippen LogP) is 2.34. The van der Waals surface area contributed by atoms with E-state index in [0.717, 1.165) is 11.1 Å². The van der Waals surface area contributed by atoms with Gasteiger partial charge in [-0.1, -0.05) is 17.7 Å². The topological polar surface area (TPSA) is 40.9 Å². The Bertz CT molecular complexity index is 393. The summed E-state index contributed by atoms with van der Waals surface area (Å²) in [5.74, 6) is 0. The molecule has 0 bridgehead atoms. The Balaban J connectivity index is 3.39. The molecular weight excluding hydrogens is 170 g/mol. The summed E-state index contributed by atoms with van der Waals surface area (Å²) in [4.78, 5) is 0.646. The number of hydrogen-bond donors (Lipinski definition) is 1. The molecule has 0 aliphatic carbocycles. The van der Waals surface area contributed by atoms with Gasteiger partial charge < -0.3 is 0 Å². The van der Waals surface area contributed by atoms with Gasteiger partial charge in [0.2, 0.25) is 0 Å². The first-order chi connectivity index (χ1) is 5.41. The highest BCUT2D eigenvalue weighted by Crippen LogP contribution is 2.16. The van der Waals surface area contributed by atoms with E-state index in [2.05, 4.69) is 0 Å². The van der Waals surface area contributed by atoms with Crippen LogP contribution in [0.2, 0.25) is 0 Å². The van der Waals surface area contributed by atoms with Gasteiger partial charge in [0.05, 0.1) is 9.73 Å². The van der Waals surface area contributed by atoms with Crippen molar-refractivity contribution in [2.24, 2.45) is 0 Å². The Morgan fingerprint density at radius 1 is 1.33 bits per heavy atom. The van der Waals surface area contributed by atoms with Crippen molar-refractivity contribution in [3.05, 3.63) is 29.3 Å². The van der Waals surface area contributed by atoms with Crippen LogP contribution in [0.3, 0.4) is 0 Å². The summed E-state index contributed by atoms with van der Waals surface area (Å²) in [6, 6.07) is 5.62. The molecule has 1 atom stereocenters. The fraction of sp³-hybridized carbons (Fsp3) is 0.333. The van der Waals surface area contributed by atoms with E-state index < -0.39 is 9.73 Å². The molecule has 0 spiro atoms. The first-order valence-corrected chi connectivity index (χ1v) is 5.69. The fourth-order valence-electron chi connectivity index (χ4n) is 1.24. The molecule has 12 heavy (non-hydrogen) atoms. The molecule has 0 fully saturated rings. The van der Waals surface area contributed by atoms with Crippen molar-refractivity contribution in [1.29, 1.82) is 4.78 Å². The molecule has 0 aliphatic heterocycles. The minimum atomic E-state index is -2.55. The van der Waals surface area contributed by atoms with E-state index in [0.29, 0.717) is 4.90 Å². The fourth-order valence-corrected chi connectivity index (χ4v) is 2.24. The molecule has 2 nitrogen and oxygen atoms in total. The summed E-state index contributed by atoms with van der Waals surface area (Å²) in [7, 11) is -2.55. The van der Waals surface area contributed by atoms with Gasteiger partial charge in [-0.05, 0) is 25.5 Å². The van der Waals surface area contributed by atoms with Crippen LogP contribution in [0, 0.1) is 18.6 Å². The van der Waals surface area contributed by atoms with E-state index >= 15 is 0 Å². The second-order valence-electron chi connectivity index (χ2n) is 3.11. The molecule has 0 saturated heterocycles. The maximum Gasteiger partial charge on any atom is 0.0699 e. The van der Waals surface area contributed by atoms with Gasteiger partial charge in [0.1, 0.15) is 0 Å². The van der Waals surface area contributed by atoms with Gasteiger partial charge in [0, 0.05) is 11.2 Å². The number of nitrogens with one attached hydrogen (secondary N) is 1. The molecule has 3 heteroatoms. The second kappa shape index (κ2) is 2.90. The summed E-state index contributed by atoms with van der Waals surface area (Å²) in [6.07, 6.45) is 1.45. The molecule has 0 amide bonds. The van der Waals surface area contributed by atoms with Crippen LogP contribution < -0.4 is 0 Å². The SMILES string of the molecule is Cc1ccc([S@](C)(=N)=O)c(C)c1. The van der Waals surface area contributed by atoms with E-state index in [1.807, 2.05) is 26.0 Å². The minimum Gasteiger partial charge on any atom is -0.249 e. The van der Waals surface area contributed by atoms with E-state index in [9.17, 15) is 4.21 Å². The number of rotatable bonds is 1. The zero-order chi connectivity index (χ0) is 9.35. The summed E-state index contributed by atoms with van der Waals surface area (Å²) in [5.41, 5.74) is 2.08. The molecule has 1 aromatic carbocycles. The quantitative estimate of drug-likeness (QED) is 0.713. The van der Waals surface area contributed by atoms with Crippen molar-refractivity contribution in [2.45, 2.75) is 18.7 Å². The van der Waals surface area contributed by atoms with Crippen molar-refractivity contribution < 1.29 is 4.21 Å².